The van der Waals surface area contributed by atoms with Gasteiger partial charge in [0.15, 0.2) is 5.76 Å². The molecular weight excluding hydrogens is 345 g/mol. The zero-order valence-electron chi connectivity index (χ0n) is 15.9. The summed E-state index contributed by atoms with van der Waals surface area (Å²) in [7, 11) is 2.13. The smallest absolute Gasteiger partial charge is 0.290 e. The maximum atomic E-state index is 13.6. The van der Waals surface area contributed by atoms with Gasteiger partial charge in [0.25, 0.3) is 5.91 Å². The van der Waals surface area contributed by atoms with Crippen molar-refractivity contribution in [3.05, 3.63) is 58.8 Å². The van der Waals surface area contributed by atoms with Crippen LogP contribution in [0.4, 0.5) is 4.39 Å². The van der Waals surface area contributed by atoms with Crippen LogP contribution in [0.2, 0.25) is 0 Å². The molecule has 2 aliphatic rings. The van der Waals surface area contributed by atoms with Gasteiger partial charge in [0, 0.05) is 32.7 Å². The fourth-order valence-corrected chi connectivity index (χ4v) is 4.01. The fraction of sp³-hybridized carbons (Fsp3) is 0.476. The Hall–Kier alpha value is -2.18. The van der Waals surface area contributed by atoms with E-state index in [4.69, 9.17) is 4.42 Å². The quantitative estimate of drug-likeness (QED) is 0.832. The number of benzene rings is 1. The van der Waals surface area contributed by atoms with E-state index >= 15 is 0 Å². The molecule has 0 spiro atoms. The highest BCUT2D eigenvalue weighted by molar-refractivity contribution is 5.92. The summed E-state index contributed by atoms with van der Waals surface area (Å²) in [6, 6.07) is 8.35. The Kier molecular flexibility index (Phi) is 5.02. The lowest BCUT2D eigenvalue weighted by Crippen LogP contribution is -2.43. The van der Waals surface area contributed by atoms with Gasteiger partial charge in [-0.3, -0.25) is 9.69 Å². The number of halogens is 1. The van der Waals surface area contributed by atoms with E-state index in [1.807, 2.05) is 19.1 Å². The van der Waals surface area contributed by atoms with Crippen molar-refractivity contribution in [1.82, 2.24) is 14.7 Å². The van der Waals surface area contributed by atoms with Crippen molar-refractivity contribution in [2.24, 2.45) is 0 Å². The Balaban J connectivity index is 1.45. The van der Waals surface area contributed by atoms with Crippen molar-refractivity contribution >= 4 is 5.91 Å². The summed E-state index contributed by atoms with van der Waals surface area (Å²) in [5, 5.41) is 0. The molecule has 4 rings (SSSR count). The normalized spacial score (nSPS) is 21.3. The predicted molar refractivity (Wildman–Crippen MR) is 101 cm³/mol. The van der Waals surface area contributed by atoms with Crippen LogP contribution in [0.5, 0.6) is 0 Å². The van der Waals surface area contributed by atoms with Crippen LogP contribution in [-0.2, 0) is 13.0 Å². The van der Waals surface area contributed by atoms with Crippen molar-refractivity contribution in [2.75, 3.05) is 39.8 Å². The van der Waals surface area contributed by atoms with E-state index in [1.165, 1.54) is 6.07 Å². The molecule has 27 heavy (non-hydrogen) atoms. The topological polar surface area (TPSA) is 39.9 Å². The van der Waals surface area contributed by atoms with E-state index in [0.29, 0.717) is 12.3 Å². The molecular formula is C21H26FN3O2. The third-order valence-corrected chi connectivity index (χ3v) is 5.76. The van der Waals surface area contributed by atoms with E-state index < -0.39 is 0 Å². The van der Waals surface area contributed by atoms with Gasteiger partial charge < -0.3 is 14.2 Å². The van der Waals surface area contributed by atoms with Crippen molar-refractivity contribution in [1.29, 1.82) is 0 Å². The number of furan rings is 1. The molecule has 5 nitrogen and oxygen atoms in total. The number of hydrogen-bond donors (Lipinski definition) is 0. The molecule has 1 aromatic carbocycles. The minimum atomic E-state index is -0.262. The highest BCUT2D eigenvalue weighted by Gasteiger charge is 2.30. The van der Waals surface area contributed by atoms with Gasteiger partial charge in [-0.1, -0.05) is 6.07 Å². The first-order valence-electron chi connectivity index (χ1n) is 9.60. The first-order chi connectivity index (χ1) is 13.0. The first-order valence-corrected chi connectivity index (χ1v) is 9.60. The minimum absolute atomic E-state index is 0.123. The van der Waals surface area contributed by atoms with Gasteiger partial charge in [-0.2, -0.15) is 0 Å². The van der Waals surface area contributed by atoms with Crippen molar-refractivity contribution in [3.63, 3.8) is 0 Å². The lowest BCUT2D eigenvalue weighted by Gasteiger charge is -2.34. The molecule has 0 bridgehead atoms. The molecule has 1 aromatic heterocycles. The second kappa shape index (κ2) is 7.44. The SMILES string of the molecule is CC1c2cc(F)ccc2CCN1C(=O)c1ccc(CN2CCN(C)CC2)o1. The summed E-state index contributed by atoms with van der Waals surface area (Å²) >= 11 is 0. The maximum absolute atomic E-state index is 13.6. The molecule has 1 saturated heterocycles. The molecule has 0 saturated carbocycles. The zero-order chi connectivity index (χ0) is 19.0. The molecule has 1 amide bonds. The zero-order valence-corrected chi connectivity index (χ0v) is 15.9. The van der Waals surface area contributed by atoms with Crippen LogP contribution in [-0.4, -0.2) is 60.4 Å². The third-order valence-electron chi connectivity index (χ3n) is 5.76. The molecule has 0 N–H and O–H groups in total. The molecule has 1 atom stereocenters. The Morgan fingerprint density at radius 1 is 1.15 bits per heavy atom. The summed E-state index contributed by atoms with van der Waals surface area (Å²) in [6.07, 6.45) is 0.737. The van der Waals surface area contributed by atoms with Crippen LogP contribution in [0.25, 0.3) is 0 Å². The van der Waals surface area contributed by atoms with Crippen LogP contribution in [0.3, 0.4) is 0 Å². The van der Waals surface area contributed by atoms with Gasteiger partial charge in [0.2, 0.25) is 0 Å². The van der Waals surface area contributed by atoms with Gasteiger partial charge in [-0.05, 0) is 55.8 Å². The summed E-state index contributed by atoms with van der Waals surface area (Å²) < 4.78 is 19.5. The largest absolute Gasteiger partial charge is 0.455 e. The average Bonchev–Trinajstić information content (AvgIpc) is 3.12. The number of likely N-dealkylation sites (N-methyl/N-ethyl adjacent to an activating group) is 1. The Labute approximate surface area is 159 Å². The van der Waals surface area contributed by atoms with Crippen LogP contribution in [0, 0.1) is 5.82 Å². The second-order valence-electron chi connectivity index (χ2n) is 7.61. The molecule has 0 radical (unpaired) electrons. The van der Waals surface area contributed by atoms with E-state index in [1.54, 1.807) is 17.0 Å². The predicted octanol–water partition coefficient (Wildman–Crippen LogP) is 2.93. The van der Waals surface area contributed by atoms with Crippen molar-refractivity contribution in [3.8, 4) is 0 Å². The molecule has 144 valence electrons. The van der Waals surface area contributed by atoms with Crippen LogP contribution in [0.1, 0.15) is 40.4 Å². The van der Waals surface area contributed by atoms with Crippen LogP contribution >= 0.6 is 0 Å². The lowest BCUT2D eigenvalue weighted by atomic mass is 9.93. The number of amides is 1. The summed E-state index contributed by atoms with van der Waals surface area (Å²) in [4.78, 5) is 19.4. The third kappa shape index (κ3) is 3.77. The average molecular weight is 371 g/mol. The summed E-state index contributed by atoms with van der Waals surface area (Å²) in [6.45, 7) is 7.40. The maximum Gasteiger partial charge on any atom is 0.290 e. The van der Waals surface area contributed by atoms with Gasteiger partial charge in [0.05, 0.1) is 12.6 Å². The van der Waals surface area contributed by atoms with Gasteiger partial charge in [0.1, 0.15) is 11.6 Å². The van der Waals surface area contributed by atoms with Crippen LogP contribution < -0.4 is 0 Å². The van der Waals surface area contributed by atoms with Crippen molar-refractivity contribution in [2.45, 2.75) is 25.9 Å². The number of nitrogens with zero attached hydrogens (tertiary/aromatic N) is 3. The number of carbonyl (C=O) groups is 1. The van der Waals surface area contributed by atoms with E-state index in [9.17, 15) is 9.18 Å². The van der Waals surface area contributed by atoms with E-state index in [-0.39, 0.29) is 17.8 Å². The highest BCUT2D eigenvalue weighted by Crippen LogP contribution is 2.31. The van der Waals surface area contributed by atoms with E-state index in [0.717, 1.165) is 56.0 Å². The molecule has 1 unspecified atom stereocenters. The molecule has 2 aliphatic heterocycles. The van der Waals surface area contributed by atoms with Gasteiger partial charge >= 0.3 is 0 Å². The monoisotopic (exact) mass is 371 g/mol. The van der Waals surface area contributed by atoms with Gasteiger partial charge in [-0.25, -0.2) is 4.39 Å². The van der Waals surface area contributed by atoms with Gasteiger partial charge in [-0.15, -0.1) is 0 Å². The number of hydrogen-bond acceptors (Lipinski definition) is 4. The Morgan fingerprint density at radius 2 is 1.93 bits per heavy atom. The number of piperazine rings is 1. The molecule has 6 heteroatoms. The first kappa shape index (κ1) is 18.2. The Morgan fingerprint density at radius 3 is 2.70 bits per heavy atom. The summed E-state index contributed by atoms with van der Waals surface area (Å²) in [5.41, 5.74) is 2.00. The number of rotatable bonds is 3. The standard InChI is InChI=1S/C21H26FN3O2/c1-15-19-13-17(22)4-3-16(19)7-8-25(15)21(26)20-6-5-18(27-20)14-24-11-9-23(2)10-12-24/h3-6,13,15H,7-12,14H2,1-2H3. The van der Waals surface area contributed by atoms with Crippen LogP contribution in [0.15, 0.2) is 34.7 Å². The molecule has 1 fully saturated rings. The fourth-order valence-electron chi connectivity index (χ4n) is 4.01. The lowest BCUT2D eigenvalue weighted by molar-refractivity contribution is 0.0639. The van der Waals surface area contributed by atoms with Crippen molar-refractivity contribution < 1.29 is 13.6 Å². The Bertz CT molecular complexity index is 827. The minimum Gasteiger partial charge on any atom is -0.455 e. The highest BCUT2D eigenvalue weighted by atomic mass is 19.1. The molecule has 0 aliphatic carbocycles. The molecule has 3 heterocycles. The summed E-state index contributed by atoms with van der Waals surface area (Å²) in [5.74, 6) is 0.800. The number of fused-ring (bicyclic) bond motifs is 1. The number of carbonyl (C=O) groups excluding carboxylic acids is 1. The second-order valence-corrected chi connectivity index (χ2v) is 7.61. The molecule has 2 aromatic rings. The van der Waals surface area contributed by atoms with E-state index in [2.05, 4.69) is 16.8 Å².